The van der Waals surface area contributed by atoms with Gasteiger partial charge in [0.25, 0.3) is 0 Å². The van der Waals surface area contributed by atoms with E-state index in [1.54, 1.807) is 37.5 Å². The van der Waals surface area contributed by atoms with Crippen LogP contribution in [0.3, 0.4) is 0 Å². The fourth-order valence-electron chi connectivity index (χ4n) is 2.54. The van der Waals surface area contributed by atoms with Crippen molar-refractivity contribution in [3.05, 3.63) is 63.5 Å². The number of methoxy groups -OCH3 is 1. The van der Waals surface area contributed by atoms with Gasteiger partial charge in [-0.05, 0) is 65.2 Å². The number of esters is 1. The summed E-state index contributed by atoms with van der Waals surface area (Å²) in [7, 11) is 1.54. The van der Waals surface area contributed by atoms with E-state index >= 15 is 0 Å². The quantitative estimate of drug-likeness (QED) is 0.455. The van der Waals surface area contributed by atoms with Crippen molar-refractivity contribution in [2.75, 3.05) is 7.11 Å². The van der Waals surface area contributed by atoms with Crippen molar-refractivity contribution in [1.29, 1.82) is 0 Å². The summed E-state index contributed by atoms with van der Waals surface area (Å²) in [4.78, 5) is 16.3. The van der Waals surface area contributed by atoms with Crippen LogP contribution in [0.1, 0.15) is 31.4 Å². The molecule has 1 unspecified atom stereocenters. The molecule has 1 aliphatic rings. The Bertz CT molecular complexity index is 971. The van der Waals surface area contributed by atoms with Crippen LogP contribution < -0.4 is 9.47 Å². The number of carbonyl (C=O) groups excluding carboxylic acids is 1. The maximum atomic E-state index is 13.9. The minimum Gasteiger partial charge on any atom is -0.493 e. The Morgan fingerprint density at radius 1 is 1.32 bits per heavy atom. The van der Waals surface area contributed by atoms with Gasteiger partial charge in [0.2, 0.25) is 5.90 Å². The number of aliphatic imine (C=N–C) groups is 1. The van der Waals surface area contributed by atoms with Gasteiger partial charge in [-0.1, -0.05) is 19.1 Å². The van der Waals surface area contributed by atoms with E-state index in [4.69, 9.17) is 14.2 Å². The number of rotatable bonds is 6. The average Bonchev–Trinajstić information content (AvgIpc) is 3.03. The lowest BCUT2D eigenvalue weighted by Crippen LogP contribution is -2.11. The molecule has 28 heavy (non-hydrogen) atoms. The van der Waals surface area contributed by atoms with Gasteiger partial charge in [-0.15, -0.1) is 0 Å². The summed E-state index contributed by atoms with van der Waals surface area (Å²) in [6.07, 6.45) is 2.42. The van der Waals surface area contributed by atoms with Crippen LogP contribution in [0.5, 0.6) is 11.5 Å². The van der Waals surface area contributed by atoms with E-state index in [1.807, 2.05) is 13.8 Å². The molecule has 5 nitrogen and oxygen atoms in total. The standard InChI is InChI=1S/C21H19BrFNO4/c1-4-12(2)27-19-15(22)9-13(11-18(19)26-3)10-17-21(25)28-20(24-17)14-7-5-6-8-16(14)23/h5-12H,4H2,1-3H3/b17-10-. The summed E-state index contributed by atoms with van der Waals surface area (Å²) >= 11 is 3.48. The normalized spacial score (nSPS) is 16.0. The lowest BCUT2D eigenvalue weighted by molar-refractivity contribution is -0.129. The number of benzene rings is 2. The SMILES string of the molecule is CCC(C)Oc1c(Br)cc(/C=C2\N=C(c3ccccc3F)OC2=O)cc1OC. The minimum atomic E-state index is -0.645. The molecule has 2 aromatic rings. The molecule has 0 saturated carbocycles. The van der Waals surface area contributed by atoms with Crippen molar-refractivity contribution in [2.24, 2.45) is 4.99 Å². The number of hydrogen-bond donors (Lipinski definition) is 0. The maximum Gasteiger partial charge on any atom is 0.363 e. The summed E-state index contributed by atoms with van der Waals surface area (Å²) in [5.74, 6) is -0.105. The molecule has 1 atom stereocenters. The van der Waals surface area contributed by atoms with Gasteiger partial charge in [-0.3, -0.25) is 0 Å². The molecular formula is C21H19BrFNO4. The van der Waals surface area contributed by atoms with Gasteiger partial charge in [0.1, 0.15) is 5.82 Å². The van der Waals surface area contributed by atoms with Gasteiger partial charge in [-0.25, -0.2) is 14.2 Å². The van der Waals surface area contributed by atoms with Gasteiger partial charge in [0.05, 0.1) is 23.2 Å². The smallest absolute Gasteiger partial charge is 0.363 e. The van der Waals surface area contributed by atoms with E-state index in [9.17, 15) is 9.18 Å². The molecule has 0 bridgehead atoms. The molecule has 2 aromatic carbocycles. The van der Waals surface area contributed by atoms with E-state index in [0.29, 0.717) is 21.5 Å². The first kappa shape index (κ1) is 20.1. The van der Waals surface area contributed by atoms with E-state index < -0.39 is 11.8 Å². The lowest BCUT2D eigenvalue weighted by atomic mass is 10.1. The summed E-state index contributed by atoms with van der Waals surface area (Å²) in [6, 6.07) is 9.52. The number of halogens is 2. The average molecular weight is 448 g/mol. The van der Waals surface area contributed by atoms with Crippen molar-refractivity contribution in [3.8, 4) is 11.5 Å². The third-order valence-corrected chi connectivity index (χ3v) is 4.76. The van der Waals surface area contributed by atoms with Gasteiger partial charge in [0, 0.05) is 0 Å². The Balaban J connectivity index is 1.96. The van der Waals surface area contributed by atoms with Crippen molar-refractivity contribution in [2.45, 2.75) is 26.4 Å². The first-order valence-electron chi connectivity index (χ1n) is 8.74. The largest absolute Gasteiger partial charge is 0.493 e. The lowest BCUT2D eigenvalue weighted by Gasteiger charge is -2.17. The second-order valence-corrected chi connectivity index (χ2v) is 7.04. The Morgan fingerprint density at radius 2 is 2.07 bits per heavy atom. The number of carbonyl (C=O) groups is 1. The molecule has 0 amide bonds. The first-order chi connectivity index (χ1) is 13.4. The zero-order valence-corrected chi connectivity index (χ0v) is 17.2. The van der Waals surface area contributed by atoms with Crippen LogP contribution >= 0.6 is 15.9 Å². The molecule has 0 spiro atoms. The number of cyclic esters (lactones) is 1. The Hall–Kier alpha value is -2.67. The van der Waals surface area contributed by atoms with Crippen LogP contribution in [0, 0.1) is 5.82 Å². The third-order valence-electron chi connectivity index (χ3n) is 4.17. The first-order valence-corrected chi connectivity index (χ1v) is 9.53. The third kappa shape index (κ3) is 4.25. The fourth-order valence-corrected chi connectivity index (χ4v) is 3.09. The molecular weight excluding hydrogens is 429 g/mol. The van der Waals surface area contributed by atoms with E-state index in [1.165, 1.54) is 12.1 Å². The predicted molar refractivity (Wildman–Crippen MR) is 108 cm³/mol. The molecule has 146 valence electrons. The van der Waals surface area contributed by atoms with Crippen LogP contribution in [0.2, 0.25) is 0 Å². The van der Waals surface area contributed by atoms with Crippen molar-refractivity contribution >= 4 is 33.9 Å². The topological polar surface area (TPSA) is 57.1 Å². The summed E-state index contributed by atoms with van der Waals surface area (Å²) in [5.41, 5.74) is 0.865. The highest BCUT2D eigenvalue weighted by Crippen LogP contribution is 2.38. The zero-order valence-electron chi connectivity index (χ0n) is 15.7. The molecule has 0 aliphatic carbocycles. The molecule has 7 heteroatoms. The van der Waals surface area contributed by atoms with Crippen molar-refractivity contribution < 1.29 is 23.4 Å². The van der Waals surface area contributed by atoms with Crippen molar-refractivity contribution in [1.82, 2.24) is 0 Å². The second kappa shape index (κ2) is 8.56. The predicted octanol–water partition coefficient (Wildman–Crippen LogP) is 5.12. The second-order valence-electron chi connectivity index (χ2n) is 6.19. The molecule has 0 fully saturated rings. The van der Waals surface area contributed by atoms with Crippen LogP contribution in [-0.4, -0.2) is 25.1 Å². The molecule has 0 radical (unpaired) electrons. The minimum absolute atomic E-state index is 0.0205. The highest BCUT2D eigenvalue weighted by molar-refractivity contribution is 9.10. The van der Waals surface area contributed by atoms with E-state index in [0.717, 1.165) is 6.42 Å². The van der Waals surface area contributed by atoms with Gasteiger partial charge >= 0.3 is 5.97 Å². The fraction of sp³-hybridized carbons (Fsp3) is 0.238. The van der Waals surface area contributed by atoms with Crippen LogP contribution in [0.25, 0.3) is 6.08 Å². The Labute approximate surface area is 171 Å². The number of nitrogens with zero attached hydrogens (tertiary/aromatic N) is 1. The van der Waals surface area contributed by atoms with Crippen LogP contribution in [0.4, 0.5) is 4.39 Å². The monoisotopic (exact) mass is 447 g/mol. The number of hydrogen-bond acceptors (Lipinski definition) is 5. The maximum absolute atomic E-state index is 13.9. The molecule has 1 heterocycles. The Kier molecular flexibility index (Phi) is 6.14. The highest BCUT2D eigenvalue weighted by atomic mass is 79.9. The van der Waals surface area contributed by atoms with E-state index in [-0.39, 0.29) is 23.3 Å². The molecule has 1 aliphatic heterocycles. The molecule has 0 saturated heterocycles. The Morgan fingerprint density at radius 3 is 2.75 bits per heavy atom. The highest BCUT2D eigenvalue weighted by Gasteiger charge is 2.26. The molecule has 0 N–H and O–H groups in total. The van der Waals surface area contributed by atoms with Gasteiger partial charge in [-0.2, -0.15) is 0 Å². The van der Waals surface area contributed by atoms with Crippen LogP contribution in [0.15, 0.2) is 51.6 Å². The molecule has 3 rings (SSSR count). The summed E-state index contributed by atoms with van der Waals surface area (Å²) in [6.45, 7) is 4.00. The number of ether oxygens (including phenoxy) is 3. The van der Waals surface area contributed by atoms with Gasteiger partial charge < -0.3 is 14.2 Å². The molecule has 0 aromatic heterocycles. The zero-order chi connectivity index (χ0) is 20.3. The summed E-state index contributed by atoms with van der Waals surface area (Å²) in [5, 5.41) is 0. The van der Waals surface area contributed by atoms with Gasteiger partial charge in [0.15, 0.2) is 17.2 Å². The van der Waals surface area contributed by atoms with Crippen molar-refractivity contribution in [3.63, 3.8) is 0 Å². The van der Waals surface area contributed by atoms with Crippen LogP contribution in [-0.2, 0) is 9.53 Å². The van der Waals surface area contributed by atoms with E-state index in [2.05, 4.69) is 20.9 Å². The summed E-state index contributed by atoms with van der Waals surface area (Å²) < 4.78 is 31.1.